The summed E-state index contributed by atoms with van der Waals surface area (Å²) in [6.45, 7) is 6.37. The van der Waals surface area contributed by atoms with E-state index in [4.69, 9.17) is 10.5 Å². The molecule has 0 saturated carbocycles. The van der Waals surface area contributed by atoms with Gasteiger partial charge >= 0.3 is 0 Å². The van der Waals surface area contributed by atoms with E-state index in [0.29, 0.717) is 26.2 Å². The molecule has 7 heteroatoms. The van der Waals surface area contributed by atoms with Crippen LogP contribution in [0, 0.1) is 5.41 Å². The van der Waals surface area contributed by atoms with E-state index in [0.717, 1.165) is 6.42 Å². The molecule has 1 unspecified atom stereocenters. The van der Waals surface area contributed by atoms with Gasteiger partial charge in [0.2, 0.25) is 10.0 Å². The zero-order chi connectivity index (χ0) is 12.2. The molecule has 1 atom stereocenters. The molecule has 0 aromatic heterocycles. The van der Waals surface area contributed by atoms with E-state index < -0.39 is 10.0 Å². The lowest BCUT2D eigenvalue weighted by atomic mass is 9.90. The van der Waals surface area contributed by atoms with Crippen molar-refractivity contribution in [1.82, 2.24) is 4.31 Å². The van der Waals surface area contributed by atoms with Crippen molar-refractivity contribution in [3.63, 3.8) is 0 Å². The van der Waals surface area contributed by atoms with E-state index in [-0.39, 0.29) is 30.2 Å². The van der Waals surface area contributed by atoms with E-state index in [1.165, 1.54) is 0 Å². The number of nitrogens with two attached hydrogens (primary N) is 1. The number of hydrogen-bond acceptors (Lipinski definition) is 4. The Hall–Kier alpha value is 0.120. The Morgan fingerprint density at radius 1 is 1.47 bits per heavy atom. The lowest BCUT2D eigenvalue weighted by Gasteiger charge is -2.22. The average Bonchev–Trinajstić information content (AvgIpc) is 2.63. The Labute approximate surface area is 110 Å². The quantitative estimate of drug-likeness (QED) is 0.720. The predicted molar refractivity (Wildman–Crippen MR) is 70.9 cm³/mol. The Morgan fingerprint density at radius 2 is 2.12 bits per heavy atom. The molecule has 2 N–H and O–H groups in total. The molecule has 1 fully saturated rings. The zero-order valence-electron chi connectivity index (χ0n) is 10.5. The number of hydrogen-bond donors (Lipinski definition) is 1. The monoisotopic (exact) mass is 286 g/mol. The molecule has 0 radical (unpaired) electrons. The molecule has 0 aromatic rings. The lowest BCUT2D eigenvalue weighted by molar-refractivity contribution is 0.162. The van der Waals surface area contributed by atoms with Gasteiger partial charge < -0.3 is 10.5 Å². The van der Waals surface area contributed by atoms with Crippen LogP contribution in [0.5, 0.6) is 0 Å². The second-order valence-electron chi connectivity index (χ2n) is 4.61. The maximum atomic E-state index is 11.9. The summed E-state index contributed by atoms with van der Waals surface area (Å²) in [4.78, 5) is 0. The zero-order valence-corrected chi connectivity index (χ0v) is 12.1. The molecule has 5 nitrogen and oxygen atoms in total. The molecule has 1 rings (SSSR count). The summed E-state index contributed by atoms with van der Waals surface area (Å²) < 4.78 is 30.5. The van der Waals surface area contributed by atoms with Gasteiger partial charge in [0, 0.05) is 19.7 Å². The van der Waals surface area contributed by atoms with Crippen LogP contribution in [-0.4, -0.2) is 51.3 Å². The number of nitrogens with zero attached hydrogens (tertiary/aromatic N) is 1. The van der Waals surface area contributed by atoms with Gasteiger partial charge in [0.1, 0.15) is 0 Å². The van der Waals surface area contributed by atoms with Crippen molar-refractivity contribution < 1.29 is 13.2 Å². The van der Waals surface area contributed by atoms with Crippen molar-refractivity contribution in [3.05, 3.63) is 0 Å². The van der Waals surface area contributed by atoms with Crippen LogP contribution >= 0.6 is 12.4 Å². The highest BCUT2D eigenvalue weighted by Crippen LogP contribution is 2.30. The Kier molecular flexibility index (Phi) is 6.94. The number of halogens is 1. The molecule has 1 aliphatic rings. The first-order valence-corrected chi connectivity index (χ1v) is 7.30. The van der Waals surface area contributed by atoms with Gasteiger partial charge in [-0.1, -0.05) is 6.92 Å². The molecule has 1 aliphatic heterocycles. The fourth-order valence-electron chi connectivity index (χ4n) is 1.82. The van der Waals surface area contributed by atoms with Crippen molar-refractivity contribution >= 4 is 22.4 Å². The number of ether oxygens (including phenoxy) is 1. The van der Waals surface area contributed by atoms with Crippen LogP contribution in [0.1, 0.15) is 20.3 Å². The van der Waals surface area contributed by atoms with Crippen molar-refractivity contribution in [1.29, 1.82) is 0 Å². The Balaban J connectivity index is 0.00000256. The fourth-order valence-corrected chi connectivity index (χ4v) is 3.28. The van der Waals surface area contributed by atoms with Gasteiger partial charge in [-0.25, -0.2) is 12.7 Å². The normalized spacial score (nSPS) is 25.8. The van der Waals surface area contributed by atoms with E-state index in [1.54, 1.807) is 4.31 Å². The molecule has 0 bridgehead atoms. The van der Waals surface area contributed by atoms with Crippen LogP contribution in [0.15, 0.2) is 0 Å². The van der Waals surface area contributed by atoms with Crippen LogP contribution in [0.25, 0.3) is 0 Å². The average molecular weight is 287 g/mol. The van der Waals surface area contributed by atoms with Crippen LogP contribution in [0.2, 0.25) is 0 Å². The Bertz CT molecular complexity index is 324. The molecule has 1 saturated heterocycles. The van der Waals surface area contributed by atoms with Crippen LogP contribution in [0.4, 0.5) is 0 Å². The topological polar surface area (TPSA) is 72.6 Å². The predicted octanol–water partition coefficient (Wildman–Crippen LogP) is 0.445. The largest absolute Gasteiger partial charge is 0.381 e. The van der Waals surface area contributed by atoms with Gasteiger partial charge in [-0.15, -0.1) is 12.4 Å². The highest BCUT2D eigenvalue weighted by Gasteiger charge is 2.37. The first kappa shape index (κ1) is 17.1. The summed E-state index contributed by atoms with van der Waals surface area (Å²) in [6, 6.07) is 0. The second-order valence-corrected chi connectivity index (χ2v) is 6.70. The highest BCUT2D eigenvalue weighted by atomic mass is 35.5. The van der Waals surface area contributed by atoms with E-state index in [1.807, 2.05) is 13.8 Å². The molecule has 104 valence electrons. The number of rotatable bonds is 6. The third kappa shape index (κ3) is 4.71. The first-order chi connectivity index (χ1) is 7.43. The molecule has 0 amide bonds. The summed E-state index contributed by atoms with van der Waals surface area (Å²) in [5.41, 5.74) is 5.59. The minimum absolute atomic E-state index is 0. The first-order valence-electron chi connectivity index (χ1n) is 5.69. The molecular weight excluding hydrogens is 264 g/mol. The van der Waals surface area contributed by atoms with Crippen molar-refractivity contribution in [2.75, 3.05) is 38.6 Å². The SMILES string of the molecule is CCOCCS(=O)(=O)N1CCC(C)(CN)C1.Cl. The maximum Gasteiger partial charge on any atom is 0.216 e. The summed E-state index contributed by atoms with van der Waals surface area (Å²) in [5.74, 6) is 0.0709. The standard InChI is InChI=1S/C10H22N2O3S.ClH/c1-3-15-6-7-16(13,14)12-5-4-10(2,8-11)9-12;/h3-9,11H2,1-2H3;1H. The third-order valence-electron chi connectivity index (χ3n) is 3.10. The second kappa shape index (κ2) is 6.89. The minimum Gasteiger partial charge on any atom is -0.381 e. The van der Waals surface area contributed by atoms with Gasteiger partial charge in [-0.05, 0) is 25.3 Å². The van der Waals surface area contributed by atoms with E-state index >= 15 is 0 Å². The van der Waals surface area contributed by atoms with E-state index in [2.05, 4.69) is 0 Å². The number of sulfonamides is 1. The maximum absolute atomic E-state index is 11.9. The third-order valence-corrected chi connectivity index (χ3v) is 4.88. The van der Waals surface area contributed by atoms with Gasteiger partial charge in [-0.3, -0.25) is 0 Å². The van der Waals surface area contributed by atoms with Crippen LogP contribution in [0.3, 0.4) is 0 Å². The molecule has 0 spiro atoms. The molecule has 1 heterocycles. The van der Waals surface area contributed by atoms with Crippen LogP contribution in [-0.2, 0) is 14.8 Å². The summed E-state index contributed by atoms with van der Waals surface area (Å²) in [6.07, 6.45) is 0.845. The molecule has 0 aliphatic carbocycles. The fraction of sp³-hybridized carbons (Fsp3) is 1.00. The molecular formula is C10H23ClN2O3S. The lowest BCUT2D eigenvalue weighted by Crippen LogP contribution is -2.36. The van der Waals surface area contributed by atoms with Gasteiger partial charge in [-0.2, -0.15) is 0 Å². The van der Waals surface area contributed by atoms with Gasteiger partial charge in [0.25, 0.3) is 0 Å². The van der Waals surface area contributed by atoms with Crippen molar-refractivity contribution in [2.45, 2.75) is 20.3 Å². The molecule has 17 heavy (non-hydrogen) atoms. The highest BCUT2D eigenvalue weighted by molar-refractivity contribution is 7.89. The van der Waals surface area contributed by atoms with Crippen LogP contribution < -0.4 is 5.73 Å². The summed E-state index contributed by atoms with van der Waals surface area (Å²) in [7, 11) is -3.16. The molecule has 0 aromatic carbocycles. The summed E-state index contributed by atoms with van der Waals surface area (Å²) in [5, 5.41) is 0. The van der Waals surface area contributed by atoms with Gasteiger partial charge in [0.05, 0.1) is 12.4 Å². The smallest absolute Gasteiger partial charge is 0.216 e. The Morgan fingerprint density at radius 3 is 2.59 bits per heavy atom. The van der Waals surface area contributed by atoms with Crippen molar-refractivity contribution in [2.24, 2.45) is 11.1 Å². The van der Waals surface area contributed by atoms with Crippen molar-refractivity contribution in [3.8, 4) is 0 Å². The van der Waals surface area contributed by atoms with Gasteiger partial charge in [0.15, 0.2) is 0 Å². The van der Waals surface area contributed by atoms with E-state index in [9.17, 15) is 8.42 Å². The summed E-state index contributed by atoms with van der Waals surface area (Å²) >= 11 is 0. The minimum atomic E-state index is -3.16.